The van der Waals surface area contributed by atoms with Crippen molar-refractivity contribution in [2.75, 3.05) is 51.3 Å². The quantitative estimate of drug-likeness (QED) is 0.640. The number of β-amino-alcohol motifs (C(OH)–C–C–N with tert-alkyl or cyclic N) is 1. The molecule has 0 spiro atoms. The molecule has 1 aromatic carbocycles. The van der Waals surface area contributed by atoms with Gasteiger partial charge in [0.1, 0.15) is 12.1 Å². The van der Waals surface area contributed by atoms with Crippen molar-refractivity contribution in [2.24, 2.45) is 0 Å². The second-order valence-corrected chi connectivity index (χ2v) is 7.43. The Bertz CT molecular complexity index is 836. The van der Waals surface area contributed by atoms with E-state index >= 15 is 0 Å². The number of benzene rings is 1. The first-order valence-electron chi connectivity index (χ1n) is 10.2. The Kier molecular flexibility index (Phi) is 7.92. The number of nitrogens with zero attached hydrogens (tertiary/aromatic N) is 3. The van der Waals surface area contributed by atoms with Crippen LogP contribution < -0.4 is 5.32 Å². The van der Waals surface area contributed by atoms with Crippen LogP contribution in [0.3, 0.4) is 0 Å². The van der Waals surface area contributed by atoms with Crippen LogP contribution in [0.2, 0.25) is 0 Å². The maximum absolute atomic E-state index is 13.6. The summed E-state index contributed by atoms with van der Waals surface area (Å²) in [6.45, 7) is 8.90. The Morgan fingerprint density at radius 2 is 2.07 bits per heavy atom. The van der Waals surface area contributed by atoms with E-state index < -0.39 is 12.0 Å². The van der Waals surface area contributed by atoms with Crippen LogP contribution in [0.25, 0.3) is 0 Å². The lowest BCUT2D eigenvalue weighted by Gasteiger charge is -2.34. The van der Waals surface area contributed by atoms with Gasteiger partial charge in [-0.1, -0.05) is 6.07 Å². The Balaban J connectivity index is 1.45. The smallest absolute Gasteiger partial charge is 0.277 e. The number of aliphatic hydroxyl groups excluding tert-OH is 1. The molecule has 2 aromatic rings. The maximum atomic E-state index is 13.6. The zero-order chi connectivity index (χ0) is 21.5. The van der Waals surface area contributed by atoms with Gasteiger partial charge in [-0.05, 0) is 31.5 Å². The van der Waals surface area contributed by atoms with Gasteiger partial charge in [0.2, 0.25) is 5.89 Å². The molecule has 0 bridgehead atoms. The van der Waals surface area contributed by atoms with Crippen molar-refractivity contribution in [2.45, 2.75) is 26.5 Å². The molecule has 1 atom stereocenters. The van der Waals surface area contributed by atoms with Crippen molar-refractivity contribution in [3.63, 3.8) is 0 Å². The summed E-state index contributed by atoms with van der Waals surface area (Å²) in [5, 5.41) is 12.6. The minimum Gasteiger partial charge on any atom is -0.447 e. The van der Waals surface area contributed by atoms with Gasteiger partial charge in [-0.15, -0.1) is 0 Å². The monoisotopic (exact) mass is 420 g/mol. The summed E-state index contributed by atoms with van der Waals surface area (Å²) in [4.78, 5) is 21.0. The van der Waals surface area contributed by atoms with Crippen molar-refractivity contribution in [3.8, 4) is 0 Å². The molecule has 1 unspecified atom stereocenters. The number of aryl methyl sites for hydroxylation is 1. The SMILES string of the molecule is CCOCC(O)CN1CCN(Cc2nc(C(=O)Nc3ccc(C)c(F)c3)co2)CC1. The number of ether oxygens (including phenoxy) is 1. The number of nitrogens with one attached hydrogen (secondary N) is 1. The first kappa shape index (κ1) is 22.4. The molecule has 1 aliphatic rings. The summed E-state index contributed by atoms with van der Waals surface area (Å²) in [7, 11) is 0. The molecule has 0 radical (unpaired) electrons. The fraction of sp³-hybridized carbons (Fsp3) is 0.524. The number of rotatable bonds is 9. The highest BCUT2D eigenvalue weighted by molar-refractivity contribution is 6.02. The molecule has 30 heavy (non-hydrogen) atoms. The molecule has 0 aliphatic carbocycles. The fourth-order valence-electron chi connectivity index (χ4n) is 3.28. The third-order valence-corrected chi connectivity index (χ3v) is 5.02. The highest BCUT2D eigenvalue weighted by Gasteiger charge is 2.21. The van der Waals surface area contributed by atoms with Crippen LogP contribution in [0.15, 0.2) is 28.9 Å². The number of carbonyl (C=O) groups excluding carboxylic acids is 1. The molecule has 1 saturated heterocycles. The van der Waals surface area contributed by atoms with E-state index in [0.29, 0.717) is 43.4 Å². The zero-order valence-corrected chi connectivity index (χ0v) is 17.4. The lowest BCUT2D eigenvalue weighted by molar-refractivity contribution is 0.00949. The van der Waals surface area contributed by atoms with E-state index in [1.807, 2.05) is 6.92 Å². The number of oxazole rings is 1. The minimum atomic E-state index is -0.480. The largest absolute Gasteiger partial charge is 0.447 e. The summed E-state index contributed by atoms with van der Waals surface area (Å²) in [5.74, 6) is -0.361. The van der Waals surface area contributed by atoms with E-state index in [9.17, 15) is 14.3 Å². The van der Waals surface area contributed by atoms with Gasteiger partial charge in [0.25, 0.3) is 5.91 Å². The number of halogens is 1. The minimum absolute atomic E-state index is 0.156. The Labute approximate surface area is 175 Å². The lowest BCUT2D eigenvalue weighted by Crippen LogP contribution is -2.48. The van der Waals surface area contributed by atoms with Gasteiger partial charge < -0.3 is 19.6 Å². The van der Waals surface area contributed by atoms with E-state index in [4.69, 9.17) is 9.15 Å². The first-order chi connectivity index (χ1) is 14.4. The number of hydrogen-bond acceptors (Lipinski definition) is 7. The lowest BCUT2D eigenvalue weighted by atomic mass is 10.2. The van der Waals surface area contributed by atoms with E-state index in [2.05, 4.69) is 20.1 Å². The number of carbonyl (C=O) groups is 1. The standard InChI is InChI=1S/C21H29FN4O4/c1-3-29-13-17(27)11-25-6-8-26(9-7-25)12-20-24-19(14-30-20)21(28)23-16-5-4-15(2)18(22)10-16/h4-5,10,14,17,27H,3,6-9,11-13H2,1-2H3,(H,23,28). The predicted molar refractivity (Wildman–Crippen MR) is 110 cm³/mol. The predicted octanol–water partition coefficient (Wildman–Crippen LogP) is 1.89. The van der Waals surface area contributed by atoms with Crippen LogP contribution in [0.1, 0.15) is 28.9 Å². The van der Waals surface area contributed by atoms with Crippen LogP contribution in [0.5, 0.6) is 0 Å². The summed E-state index contributed by atoms with van der Waals surface area (Å²) >= 11 is 0. The number of aliphatic hydroxyl groups is 1. The van der Waals surface area contributed by atoms with Gasteiger partial charge in [-0.2, -0.15) is 0 Å². The summed E-state index contributed by atoms with van der Waals surface area (Å²) in [5.41, 5.74) is 1.04. The highest BCUT2D eigenvalue weighted by Crippen LogP contribution is 2.15. The molecule has 9 heteroatoms. The summed E-state index contributed by atoms with van der Waals surface area (Å²) in [6, 6.07) is 4.52. The number of amides is 1. The number of aromatic nitrogens is 1. The van der Waals surface area contributed by atoms with E-state index in [1.165, 1.54) is 12.3 Å². The molecule has 0 saturated carbocycles. The van der Waals surface area contributed by atoms with Gasteiger partial charge in [0, 0.05) is 45.0 Å². The molecular formula is C21H29FN4O4. The van der Waals surface area contributed by atoms with Crippen LogP contribution >= 0.6 is 0 Å². The van der Waals surface area contributed by atoms with Crippen molar-refractivity contribution < 1.29 is 23.4 Å². The molecule has 8 nitrogen and oxygen atoms in total. The van der Waals surface area contributed by atoms with E-state index in [1.54, 1.807) is 19.1 Å². The molecule has 2 N–H and O–H groups in total. The van der Waals surface area contributed by atoms with Crippen molar-refractivity contribution in [1.82, 2.24) is 14.8 Å². The molecule has 1 aliphatic heterocycles. The third kappa shape index (κ3) is 6.33. The second-order valence-electron chi connectivity index (χ2n) is 7.43. The topological polar surface area (TPSA) is 91.1 Å². The molecule has 164 valence electrons. The van der Waals surface area contributed by atoms with E-state index in [0.717, 1.165) is 26.2 Å². The number of hydrogen-bond donors (Lipinski definition) is 2. The van der Waals surface area contributed by atoms with Crippen molar-refractivity contribution in [1.29, 1.82) is 0 Å². The molecule has 3 rings (SSSR count). The summed E-state index contributed by atoms with van der Waals surface area (Å²) in [6.07, 6.45) is 0.835. The second kappa shape index (κ2) is 10.6. The van der Waals surface area contributed by atoms with E-state index in [-0.39, 0.29) is 11.5 Å². The van der Waals surface area contributed by atoms with Gasteiger partial charge in [0.05, 0.1) is 19.3 Å². The van der Waals surface area contributed by atoms with Gasteiger partial charge >= 0.3 is 0 Å². The van der Waals surface area contributed by atoms with Crippen LogP contribution in [-0.2, 0) is 11.3 Å². The maximum Gasteiger partial charge on any atom is 0.277 e. The molecule has 1 amide bonds. The third-order valence-electron chi connectivity index (χ3n) is 5.02. The Morgan fingerprint density at radius 3 is 2.77 bits per heavy atom. The molecule has 2 heterocycles. The van der Waals surface area contributed by atoms with Crippen LogP contribution in [0.4, 0.5) is 10.1 Å². The average molecular weight is 420 g/mol. The van der Waals surface area contributed by atoms with Crippen LogP contribution in [0, 0.1) is 12.7 Å². The Hall–Kier alpha value is -2.33. The Morgan fingerprint density at radius 1 is 1.33 bits per heavy atom. The van der Waals surface area contributed by atoms with Crippen LogP contribution in [-0.4, -0.2) is 77.8 Å². The van der Waals surface area contributed by atoms with Crippen molar-refractivity contribution in [3.05, 3.63) is 47.4 Å². The van der Waals surface area contributed by atoms with Gasteiger partial charge in [-0.25, -0.2) is 9.37 Å². The number of piperazine rings is 1. The normalized spacial score (nSPS) is 16.5. The average Bonchev–Trinajstić information content (AvgIpc) is 3.19. The van der Waals surface area contributed by atoms with Crippen molar-refractivity contribution >= 4 is 11.6 Å². The first-order valence-corrected chi connectivity index (χ1v) is 10.2. The van der Waals surface area contributed by atoms with Gasteiger partial charge in [0.15, 0.2) is 5.69 Å². The highest BCUT2D eigenvalue weighted by atomic mass is 19.1. The molecule has 1 aromatic heterocycles. The zero-order valence-electron chi connectivity index (χ0n) is 17.4. The molecule has 1 fully saturated rings. The summed E-state index contributed by atoms with van der Waals surface area (Å²) < 4.78 is 24.3. The number of anilines is 1. The van der Waals surface area contributed by atoms with Gasteiger partial charge in [-0.3, -0.25) is 14.6 Å². The molecular weight excluding hydrogens is 391 g/mol. The fourth-order valence-corrected chi connectivity index (χ4v) is 3.28.